The van der Waals surface area contributed by atoms with E-state index in [1.54, 1.807) is 18.4 Å². The predicted molar refractivity (Wildman–Crippen MR) is 55.6 cm³/mol. The number of hydrogen-bond acceptors (Lipinski definition) is 2. The Morgan fingerprint density at radius 1 is 1.36 bits per heavy atom. The van der Waals surface area contributed by atoms with E-state index < -0.39 is 11.9 Å². The fourth-order valence-electron chi connectivity index (χ4n) is 1.32. The molecule has 0 radical (unpaired) electrons. The Morgan fingerprint density at radius 2 is 2.14 bits per heavy atom. The van der Waals surface area contributed by atoms with Crippen LogP contribution in [0.2, 0.25) is 0 Å². The van der Waals surface area contributed by atoms with Crippen LogP contribution in [0.3, 0.4) is 0 Å². The Bertz CT molecular complexity index is 355. The SMILES string of the molecule is O=C(O)C1C=CN2C=CC=CC2=C1.[NaH]. The van der Waals surface area contributed by atoms with Gasteiger partial charge in [-0.1, -0.05) is 6.08 Å². The van der Waals surface area contributed by atoms with Crippen LogP contribution < -0.4 is 0 Å². The summed E-state index contributed by atoms with van der Waals surface area (Å²) in [7, 11) is 0. The number of carboxylic acids is 1. The van der Waals surface area contributed by atoms with Crippen molar-refractivity contribution in [3.05, 3.63) is 48.5 Å². The third kappa shape index (κ3) is 2.18. The van der Waals surface area contributed by atoms with Gasteiger partial charge in [-0.25, -0.2) is 0 Å². The van der Waals surface area contributed by atoms with Crippen LogP contribution in [0.1, 0.15) is 0 Å². The van der Waals surface area contributed by atoms with Crippen LogP contribution in [0.5, 0.6) is 0 Å². The Hall–Kier alpha value is -0.770. The van der Waals surface area contributed by atoms with E-state index in [4.69, 9.17) is 5.11 Å². The van der Waals surface area contributed by atoms with Gasteiger partial charge in [0.05, 0.1) is 5.92 Å². The number of carboxylic acid groups (broad SMARTS) is 1. The molecule has 0 spiro atoms. The van der Waals surface area contributed by atoms with Gasteiger partial charge in [-0.3, -0.25) is 4.79 Å². The van der Waals surface area contributed by atoms with Gasteiger partial charge in [0, 0.05) is 18.1 Å². The average Bonchev–Trinajstić information content (AvgIpc) is 2.17. The molecule has 2 rings (SSSR count). The zero-order valence-corrected chi connectivity index (χ0v) is 6.92. The van der Waals surface area contributed by atoms with E-state index in [-0.39, 0.29) is 29.6 Å². The maximum absolute atomic E-state index is 10.7. The molecule has 2 aliphatic rings. The first-order chi connectivity index (χ1) is 6.27. The van der Waals surface area contributed by atoms with E-state index in [2.05, 4.69) is 0 Å². The number of hydrogen-bond donors (Lipinski definition) is 1. The van der Waals surface area contributed by atoms with Crippen molar-refractivity contribution >= 4 is 35.5 Å². The van der Waals surface area contributed by atoms with E-state index in [9.17, 15) is 4.79 Å². The van der Waals surface area contributed by atoms with Crippen LogP contribution in [-0.4, -0.2) is 45.5 Å². The summed E-state index contributed by atoms with van der Waals surface area (Å²) in [5, 5.41) is 8.77. The topological polar surface area (TPSA) is 40.5 Å². The van der Waals surface area contributed by atoms with Crippen LogP contribution in [0, 0.1) is 5.92 Å². The molecule has 0 fully saturated rings. The molecule has 0 bridgehead atoms. The second kappa shape index (κ2) is 4.64. The minimum absolute atomic E-state index is 0. The van der Waals surface area contributed by atoms with Crippen LogP contribution >= 0.6 is 0 Å². The number of rotatable bonds is 1. The third-order valence-electron chi connectivity index (χ3n) is 2.01. The predicted octanol–water partition coefficient (Wildman–Crippen LogP) is 0.835. The molecule has 68 valence electrons. The zero-order chi connectivity index (χ0) is 9.26. The van der Waals surface area contributed by atoms with Crippen LogP contribution in [0.15, 0.2) is 48.5 Å². The molecule has 1 N–H and O–H groups in total. The third-order valence-corrected chi connectivity index (χ3v) is 2.01. The summed E-state index contributed by atoms with van der Waals surface area (Å²) in [5.74, 6) is -1.31. The number of carbonyl (C=O) groups is 1. The number of nitrogens with zero attached hydrogens (tertiary/aromatic N) is 1. The van der Waals surface area contributed by atoms with Gasteiger partial charge < -0.3 is 10.0 Å². The quantitative estimate of drug-likeness (QED) is 0.636. The molecule has 0 aromatic carbocycles. The molecule has 0 aliphatic carbocycles. The zero-order valence-electron chi connectivity index (χ0n) is 6.92. The molecule has 0 aromatic heterocycles. The molecule has 4 heteroatoms. The molecule has 0 amide bonds. The Morgan fingerprint density at radius 3 is 2.86 bits per heavy atom. The van der Waals surface area contributed by atoms with Gasteiger partial charge in [0.1, 0.15) is 0 Å². The summed E-state index contributed by atoms with van der Waals surface area (Å²) in [6, 6.07) is 0. The Balaban J connectivity index is 0.000000980. The van der Waals surface area contributed by atoms with Crippen molar-refractivity contribution < 1.29 is 9.90 Å². The first-order valence-corrected chi connectivity index (χ1v) is 4.03. The molecule has 1 atom stereocenters. The maximum atomic E-state index is 10.7. The summed E-state index contributed by atoms with van der Waals surface area (Å²) < 4.78 is 0. The van der Waals surface area contributed by atoms with Crippen LogP contribution in [0.4, 0.5) is 0 Å². The van der Waals surface area contributed by atoms with Gasteiger partial charge in [-0.05, 0) is 24.3 Å². The molecule has 1 unspecified atom stereocenters. The van der Waals surface area contributed by atoms with Crippen LogP contribution in [-0.2, 0) is 4.79 Å². The van der Waals surface area contributed by atoms with Crippen molar-refractivity contribution in [2.24, 2.45) is 5.92 Å². The van der Waals surface area contributed by atoms with Gasteiger partial charge >= 0.3 is 35.5 Å². The molecule has 0 aromatic rings. The van der Waals surface area contributed by atoms with Crippen molar-refractivity contribution in [2.45, 2.75) is 0 Å². The van der Waals surface area contributed by atoms with Gasteiger partial charge in [0.25, 0.3) is 0 Å². The number of allylic oxidation sites excluding steroid dienone is 3. The van der Waals surface area contributed by atoms with E-state index in [1.165, 1.54) is 0 Å². The number of fused-ring (bicyclic) bond motifs is 1. The molecule has 14 heavy (non-hydrogen) atoms. The average molecular weight is 199 g/mol. The molecule has 2 heterocycles. The first kappa shape index (κ1) is 11.3. The second-order valence-corrected chi connectivity index (χ2v) is 2.90. The van der Waals surface area contributed by atoms with Crippen molar-refractivity contribution in [3.8, 4) is 0 Å². The molecular weight excluding hydrogens is 189 g/mol. The van der Waals surface area contributed by atoms with E-state index >= 15 is 0 Å². The minimum atomic E-state index is -0.814. The fraction of sp³-hybridized carbons (Fsp3) is 0.100. The number of aliphatic carboxylic acids is 1. The van der Waals surface area contributed by atoms with Crippen molar-refractivity contribution in [1.29, 1.82) is 0 Å². The van der Waals surface area contributed by atoms with Gasteiger partial charge in [0.2, 0.25) is 0 Å². The van der Waals surface area contributed by atoms with Crippen LogP contribution in [0.25, 0.3) is 0 Å². The Kier molecular flexibility index (Phi) is 3.75. The molecule has 0 saturated carbocycles. The second-order valence-electron chi connectivity index (χ2n) is 2.90. The first-order valence-electron chi connectivity index (χ1n) is 4.03. The van der Waals surface area contributed by atoms with Crippen molar-refractivity contribution in [2.75, 3.05) is 0 Å². The summed E-state index contributed by atoms with van der Waals surface area (Å²) >= 11 is 0. The van der Waals surface area contributed by atoms with E-state index in [0.717, 1.165) is 5.70 Å². The molecule has 0 saturated heterocycles. The standard InChI is InChI=1S/C10H9NO2.Na.H/c12-10(13)8-4-6-11-5-2-1-3-9(11)7-8;;/h1-8H,(H,12,13);;. The summed E-state index contributed by atoms with van der Waals surface area (Å²) in [6.07, 6.45) is 12.7. The Labute approximate surface area is 104 Å². The van der Waals surface area contributed by atoms with Gasteiger partial charge in [-0.2, -0.15) is 0 Å². The fourth-order valence-corrected chi connectivity index (χ4v) is 1.32. The summed E-state index contributed by atoms with van der Waals surface area (Å²) in [6.45, 7) is 0. The molecule has 3 nitrogen and oxygen atoms in total. The molecule has 2 aliphatic heterocycles. The monoisotopic (exact) mass is 199 g/mol. The normalized spacial score (nSPS) is 22.4. The van der Waals surface area contributed by atoms with Gasteiger partial charge in [-0.15, -0.1) is 0 Å². The summed E-state index contributed by atoms with van der Waals surface area (Å²) in [5.41, 5.74) is 0.914. The summed E-state index contributed by atoms with van der Waals surface area (Å²) in [4.78, 5) is 12.6. The van der Waals surface area contributed by atoms with Gasteiger partial charge in [0.15, 0.2) is 0 Å². The van der Waals surface area contributed by atoms with E-state index in [0.29, 0.717) is 0 Å². The van der Waals surface area contributed by atoms with Crippen molar-refractivity contribution in [3.63, 3.8) is 0 Å². The van der Waals surface area contributed by atoms with Crippen molar-refractivity contribution in [1.82, 2.24) is 4.90 Å². The van der Waals surface area contributed by atoms with E-state index in [1.807, 2.05) is 29.3 Å². The molecular formula is C10H10NNaO2.